The van der Waals surface area contributed by atoms with Gasteiger partial charge in [-0.25, -0.2) is 0 Å². The van der Waals surface area contributed by atoms with Gasteiger partial charge in [-0.15, -0.1) is 0 Å². The number of Topliss-reactive ketones (excluding diaryl/α,β-unsaturated/α-hetero) is 1. The van der Waals surface area contributed by atoms with Crippen molar-refractivity contribution in [2.24, 2.45) is 0 Å². The number of ether oxygens (including phenoxy) is 2. The number of hydrogen-bond donors (Lipinski definition) is 0. The summed E-state index contributed by atoms with van der Waals surface area (Å²) in [6.45, 7) is 0.431. The highest BCUT2D eigenvalue weighted by Gasteiger charge is 2.22. The minimum Gasteiger partial charge on any atom is -0.469 e. The molecule has 4 nitrogen and oxygen atoms in total. The quantitative estimate of drug-likeness (QED) is 0.562. The van der Waals surface area contributed by atoms with Crippen LogP contribution >= 0.6 is 0 Å². The first-order chi connectivity index (χ1) is 5.72. The average Bonchev–Trinajstić information content (AvgIpc) is 2.04. The summed E-state index contributed by atoms with van der Waals surface area (Å²) in [5, 5.41) is 0. The van der Waals surface area contributed by atoms with Crippen molar-refractivity contribution < 1.29 is 19.1 Å². The van der Waals surface area contributed by atoms with E-state index in [4.69, 9.17) is 4.74 Å². The Bertz CT molecular complexity index is 187. The highest BCUT2D eigenvalue weighted by Crippen LogP contribution is 2.13. The number of esters is 1. The molecule has 1 saturated heterocycles. The van der Waals surface area contributed by atoms with Crippen molar-refractivity contribution in [2.45, 2.75) is 25.4 Å². The molecule has 0 spiro atoms. The molecule has 0 amide bonds. The molecule has 1 aliphatic heterocycles. The molecule has 0 N–H and O–H groups in total. The molecule has 1 rings (SSSR count). The SMILES string of the molecule is COC(=O)CC1CC(=O)CCO1. The Kier molecular flexibility index (Phi) is 3.22. The Morgan fingerprint density at radius 2 is 2.50 bits per heavy atom. The van der Waals surface area contributed by atoms with Crippen LogP contribution in [0.15, 0.2) is 0 Å². The van der Waals surface area contributed by atoms with Crippen LogP contribution in [0.5, 0.6) is 0 Å². The minimum absolute atomic E-state index is 0.162. The molecule has 1 unspecified atom stereocenters. The summed E-state index contributed by atoms with van der Waals surface area (Å²) in [4.78, 5) is 21.7. The topological polar surface area (TPSA) is 52.6 Å². The number of hydrogen-bond acceptors (Lipinski definition) is 4. The van der Waals surface area contributed by atoms with E-state index in [2.05, 4.69) is 4.74 Å². The van der Waals surface area contributed by atoms with Crippen LogP contribution in [-0.4, -0.2) is 31.6 Å². The lowest BCUT2D eigenvalue weighted by Gasteiger charge is -2.20. The monoisotopic (exact) mass is 172 g/mol. The van der Waals surface area contributed by atoms with Crippen molar-refractivity contribution in [1.29, 1.82) is 0 Å². The molecule has 1 heterocycles. The molecule has 0 aromatic carbocycles. The summed E-state index contributed by atoms with van der Waals surface area (Å²) in [6.07, 6.45) is 0.730. The van der Waals surface area contributed by atoms with Crippen LogP contribution in [0.25, 0.3) is 0 Å². The maximum absolute atomic E-state index is 10.9. The maximum Gasteiger partial charge on any atom is 0.308 e. The Labute approximate surface area is 70.8 Å². The van der Waals surface area contributed by atoms with E-state index in [1.165, 1.54) is 7.11 Å². The van der Waals surface area contributed by atoms with E-state index in [-0.39, 0.29) is 24.3 Å². The second-order valence-corrected chi connectivity index (χ2v) is 2.77. The van der Waals surface area contributed by atoms with Gasteiger partial charge in [-0.1, -0.05) is 0 Å². The maximum atomic E-state index is 10.9. The smallest absolute Gasteiger partial charge is 0.308 e. The fourth-order valence-corrected chi connectivity index (χ4v) is 1.15. The molecular formula is C8H12O4. The highest BCUT2D eigenvalue weighted by atomic mass is 16.5. The van der Waals surface area contributed by atoms with Crippen LogP contribution in [0.4, 0.5) is 0 Å². The number of methoxy groups -OCH3 is 1. The van der Waals surface area contributed by atoms with Crippen molar-refractivity contribution >= 4 is 11.8 Å². The minimum atomic E-state index is -0.324. The third kappa shape index (κ3) is 2.62. The zero-order valence-corrected chi connectivity index (χ0v) is 7.04. The number of carbonyl (C=O) groups is 2. The van der Waals surface area contributed by atoms with Crippen molar-refractivity contribution in [3.05, 3.63) is 0 Å². The van der Waals surface area contributed by atoms with Crippen LogP contribution < -0.4 is 0 Å². The van der Waals surface area contributed by atoms with E-state index in [1.807, 2.05) is 0 Å². The predicted octanol–water partition coefficient (Wildman–Crippen LogP) is 0.298. The van der Waals surface area contributed by atoms with Crippen LogP contribution in [0.1, 0.15) is 19.3 Å². The molecule has 0 aliphatic carbocycles. The number of rotatable bonds is 2. The van der Waals surface area contributed by atoms with Crippen LogP contribution in [0.3, 0.4) is 0 Å². The first-order valence-corrected chi connectivity index (χ1v) is 3.92. The van der Waals surface area contributed by atoms with E-state index in [0.717, 1.165) is 0 Å². The van der Waals surface area contributed by atoms with Gasteiger partial charge in [0.1, 0.15) is 5.78 Å². The normalized spacial score (nSPS) is 23.8. The van der Waals surface area contributed by atoms with Gasteiger partial charge in [0.05, 0.1) is 26.2 Å². The molecular weight excluding hydrogens is 160 g/mol. The highest BCUT2D eigenvalue weighted by molar-refractivity contribution is 5.80. The predicted molar refractivity (Wildman–Crippen MR) is 40.6 cm³/mol. The molecule has 1 fully saturated rings. The summed E-state index contributed by atoms with van der Waals surface area (Å²) in [5.74, 6) is -0.162. The molecule has 0 radical (unpaired) electrons. The standard InChI is InChI=1S/C8H12O4/c1-11-8(10)5-7-4-6(9)2-3-12-7/h7H,2-5H2,1H3. The van der Waals surface area contributed by atoms with Crippen LogP contribution in [0.2, 0.25) is 0 Å². The molecule has 4 heteroatoms. The summed E-state index contributed by atoms with van der Waals surface area (Å²) in [5.41, 5.74) is 0. The van der Waals surface area contributed by atoms with Gasteiger partial charge in [-0.05, 0) is 0 Å². The van der Waals surface area contributed by atoms with Gasteiger partial charge in [0, 0.05) is 12.8 Å². The average molecular weight is 172 g/mol. The third-order valence-electron chi connectivity index (χ3n) is 1.81. The summed E-state index contributed by atoms with van der Waals surface area (Å²) < 4.78 is 9.66. The van der Waals surface area contributed by atoms with E-state index in [9.17, 15) is 9.59 Å². The van der Waals surface area contributed by atoms with Gasteiger partial charge in [-0.3, -0.25) is 9.59 Å². The fourth-order valence-electron chi connectivity index (χ4n) is 1.15. The summed E-state index contributed by atoms with van der Waals surface area (Å²) in [7, 11) is 1.33. The zero-order chi connectivity index (χ0) is 8.97. The van der Waals surface area contributed by atoms with Gasteiger partial charge < -0.3 is 9.47 Å². The Morgan fingerprint density at radius 3 is 3.08 bits per heavy atom. The van der Waals surface area contributed by atoms with Gasteiger partial charge in [0.15, 0.2) is 0 Å². The molecule has 0 aromatic rings. The van der Waals surface area contributed by atoms with Crippen molar-refractivity contribution in [3.63, 3.8) is 0 Å². The van der Waals surface area contributed by atoms with E-state index in [0.29, 0.717) is 19.4 Å². The zero-order valence-electron chi connectivity index (χ0n) is 7.04. The lowest BCUT2D eigenvalue weighted by atomic mass is 10.1. The summed E-state index contributed by atoms with van der Waals surface area (Å²) in [6, 6.07) is 0. The van der Waals surface area contributed by atoms with E-state index in [1.54, 1.807) is 0 Å². The van der Waals surface area contributed by atoms with E-state index >= 15 is 0 Å². The van der Waals surface area contributed by atoms with E-state index < -0.39 is 0 Å². The van der Waals surface area contributed by atoms with Gasteiger partial charge in [0.2, 0.25) is 0 Å². The lowest BCUT2D eigenvalue weighted by Crippen LogP contribution is -2.28. The lowest BCUT2D eigenvalue weighted by molar-refractivity contribution is -0.146. The first-order valence-electron chi connectivity index (χ1n) is 3.92. The molecule has 68 valence electrons. The molecule has 0 aromatic heterocycles. The Hall–Kier alpha value is -0.900. The van der Waals surface area contributed by atoms with Crippen LogP contribution in [-0.2, 0) is 19.1 Å². The van der Waals surface area contributed by atoms with Crippen LogP contribution in [0, 0.1) is 0 Å². The molecule has 12 heavy (non-hydrogen) atoms. The van der Waals surface area contributed by atoms with Gasteiger partial charge in [0.25, 0.3) is 0 Å². The second-order valence-electron chi connectivity index (χ2n) is 2.77. The Morgan fingerprint density at radius 1 is 1.75 bits per heavy atom. The number of carbonyl (C=O) groups excluding carboxylic acids is 2. The molecule has 1 atom stereocenters. The molecule has 0 bridgehead atoms. The van der Waals surface area contributed by atoms with Gasteiger partial charge >= 0.3 is 5.97 Å². The Balaban J connectivity index is 2.32. The molecule has 1 aliphatic rings. The largest absolute Gasteiger partial charge is 0.469 e. The van der Waals surface area contributed by atoms with Crippen molar-refractivity contribution in [3.8, 4) is 0 Å². The van der Waals surface area contributed by atoms with Gasteiger partial charge in [-0.2, -0.15) is 0 Å². The molecule has 0 saturated carbocycles. The van der Waals surface area contributed by atoms with Crippen molar-refractivity contribution in [2.75, 3.05) is 13.7 Å². The fraction of sp³-hybridized carbons (Fsp3) is 0.750. The summed E-state index contributed by atoms with van der Waals surface area (Å²) >= 11 is 0. The second kappa shape index (κ2) is 4.21. The van der Waals surface area contributed by atoms with Crippen molar-refractivity contribution in [1.82, 2.24) is 0 Å². The third-order valence-corrected chi connectivity index (χ3v) is 1.81. The first kappa shape index (κ1) is 9.19. The number of ketones is 1.